The number of halogens is 2. The van der Waals surface area contributed by atoms with Crippen LogP contribution in [0.3, 0.4) is 0 Å². The largest absolute Gasteiger partial charge is 0.489 e. The van der Waals surface area contributed by atoms with Gasteiger partial charge in [0, 0.05) is 23.9 Å². The molecule has 7 heteroatoms. The van der Waals surface area contributed by atoms with Crippen LogP contribution in [0.15, 0.2) is 72.8 Å². The summed E-state index contributed by atoms with van der Waals surface area (Å²) < 4.78 is 32.5. The lowest BCUT2D eigenvalue weighted by Crippen LogP contribution is -2.32. The van der Waals surface area contributed by atoms with Crippen molar-refractivity contribution in [2.24, 2.45) is 0 Å². The highest BCUT2D eigenvalue weighted by atomic mass is 19.1. The molecule has 0 fully saturated rings. The summed E-state index contributed by atoms with van der Waals surface area (Å²) in [7, 11) is 0. The van der Waals surface area contributed by atoms with Crippen LogP contribution in [-0.4, -0.2) is 17.7 Å². The van der Waals surface area contributed by atoms with Crippen LogP contribution >= 0.6 is 0 Å². The smallest absolute Gasteiger partial charge is 0.319 e. The minimum atomic E-state index is -1.16. The standard InChI is InChI=1S/C22H20F2N2O3/c23-16-6-3-5-15(11-16)14-29-18-8-4-7-17(12-18)26-22(28)25-13-21(27)19-9-1-2-10-20(19)24/h1-12,21,27H,13-14H2,(H2,25,26,28). The molecule has 1 unspecified atom stereocenters. The van der Waals surface area contributed by atoms with E-state index in [4.69, 9.17) is 4.74 Å². The number of rotatable bonds is 7. The first-order chi connectivity index (χ1) is 14.0. The second-order valence-electron chi connectivity index (χ2n) is 6.32. The molecule has 0 saturated carbocycles. The molecule has 3 aromatic carbocycles. The molecule has 0 aliphatic heterocycles. The quantitative estimate of drug-likeness (QED) is 0.553. The van der Waals surface area contributed by atoms with Crippen LogP contribution in [0, 0.1) is 11.6 Å². The normalized spacial score (nSPS) is 11.6. The second-order valence-corrected chi connectivity index (χ2v) is 6.32. The first-order valence-corrected chi connectivity index (χ1v) is 8.96. The molecule has 3 rings (SSSR count). The number of anilines is 1. The van der Waals surface area contributed by atoms with Crippen molar-refractivity contribution in [3.8, 4) is 5.75 Å². The number of carbonyl (C=O) groups is 1. The van der Waals surface area contributed by atoms with Crippen LogP contribution in [0.5, 0.6) is 5.75 Å². The summed E-state index contributed by atoms with van der Waals surface area (Å²) in [5.41, 5.74) is 1.27. The highest BCUT2D eigenvalue weighted by Gasteiger charge is 2.13. The molecule has 1 atom stereocenters. The molecule has 29 heavy (non-hydrogen) atoms. The maximum atomic E-state index is 13.7. The van der Waals surface area contributed by atoms with Gasteiger partial charge in [-0.2, -0.15) is 0 Å². The monoisotopic (exact) mass is 398 g/mol. The van der Waals surface area contributed by atoms with Crippen molar-refractivity contribution < 1.29 is 23.4 Å². The van der Waals surface area contributed by atoms with Gasteiger partial charge in [0.2, 0.25) is 0 Å². The lowest BCUT2D eigenvalue weighted by Gasteiger charge is -2.14. The molecule has 2 amide bonds. The Kier molecular flexibility index (Phi) is 6.76. The number of hydrogen-bond donors (Lipinski definition) is 3. The number of aliphatic hydroxyl groups excluding tert-OH is 1. The SMILES string of the molecule is O=C(NCC(O)c1ccccc1F)Nc1cccc(OCc2cccc(F)c2)c1. The number of ether oxygens (including phenoxy) is 1. The molecule has 0 radical (unpaired) electrons. The van der Waals surface area contributed by atoms with E-state index < -0.39 is 18.0 Å². The average Bonchev–Trinajstić information content (AvgIpc) is 2.71. The molecule has 0 bridgehead atoms. The van der Waals surface area contributed by atoms with Crippen molar-refractivity contribution in [2.75, 3.05) is 11.9 Å². The van der Waals surface area contributed by atoms with Gasteiger partial charge in [-0.15, -0.1) is 0 Å². The van der Waals surface area contributed by atoms with Gasteiger partial charge in [-0.3, -0.25) is 0 Å². The Hall–Kier alpha value is -3.45. The fourth-order valence-electron chi connectivity index (χ4n) is 2.68. The molecule has 5 nitrogen and oxygen atoms in total. The van der Waals surface area contributed by atoms with E-state index in [1.807, 2.05) is 0 Å². The average molecular weight is 398 g/mol. The van der Waals surface area contributed by atoms with E-state index in [1.165, 1.54) is 30.3 Å². The summed E-state index contributed by atoms with van der Waals surface area (Å²) in [6.45, 7) is 0.0325. The minimum Gasteiger partial charge on any atom is -0.489 e. The number of carbonyl (C=O) groups excluding carboxylic acids is 1. The Morgan fingerprint density at radius 2 is 1.79 bits per heavy atom. The minimum absolute atomic E-state index is 0.112. The number of benzene rings is 3. The lowest BCUT2D eigenvalue weighted by molar-refractivity contribution is 0.170. The summed E-state index contributed by atoms with van der Waals surface area (Å²) in [5.74, 6) is -0.375. The number of aliphatic hydroxyl groups is 1. The second kappa shape index (κ2) is 9.66. The van der Waals surface area contributed by atoms with Crippen molar-refractivity contribution in [1.82, 2.24) is 5.32 Å². The molecule has 150 valence electrons. The molecule has 0 saturated heterocycles. The van der Waals surface area contributed by atoms with Crippen LogP contribution in [0.4, 0.5) is 19.3 Å². The molecule has 0 aliphatic carbocycles. The zero-order valence-corrected chi connectivity index (χ0v) is 15.4. The van der Waals surface area contributed by atoms with Gasteiger partial charge in [-0.05, 0) is 35.9 Å². The van der Waals surface area contributed by atoms with Crippen molar-refractivity contribution in [3.63, 3.8) is 0 Å². The van der Waals surface area contributed by atoms with Gasteiger partial charge >= 0.3 is 6.03 Å². The highest BCUT2D eigenvalue weighted by Crippen LogP contribution is 2.19. The Labute approximate surface area is 167 Å². The molecular formula is C22H20F2N2O3. The summed E-state index contributed by atoms with van der Waals surface area (Å²) in [4.78, 5) is 12.1. The van der Waals surface area contributed by atoms with Gasteiger partial charge in [-0.1, -0.05) is 36.4 Å². The van der Waals surface area contributed by atoms with E-state index in [0.29, 0.717) is 17.0 Å². The molecule has 3 aromatic rings. The van der Waals surface area contributed by atoms with Crippen LogP contribution in [0.25, 0.3) is 0 Å². The van der Waals surface area contributed by atoms with E-state index >= 15 is 0 Å². The first-order valence-electron chi connectivity index (χ1n) is 8.96. The molecule has 0 aliphatic rings. The zero-order chi connectivity index (χ0) is 20.6. The Bertz CT molecular complexity index is 982. The molecule has 3 N–H and O–H groups in total. The fourth-order valence-corrected chi connectivity index (χ4v) is 2.68. The van der Waals surface area contributed by atoms with E-state index in [2.05, 4.69) is 10.6 Å². The lowest BCUT2D eigenvalue weighted by atomic mass is 10.1. The Morgan fingerprint density at radius 1 is 1.00 bits per heavy atom. The number of amides is 2. The van der Waals surface area contributed by atoms with E-state index in [1.54, 1.807) is 42.5 Å². The van der Waals surface area contributed by atoms with Gasteiger partial charge < -0.3 is 20.5 Å². The van der Waals surface area contributed by atoms with Crippen molar-refractivity contribution in [2.45, 2.75) is 12.7 Å². The zero-order valence-electron chi connectivity index (χ0n) is 15.4. The maximum Gasteiger partial charge on any atom is 0.319 e. The number of hydrogen-bond acceptors (Lipinski definition) is 3. The van der Waals surface area contributed by atoms with Gasteiger partial charge in [-0.25, -0.2) is 13.6 Å². The van der Waals surface area contributed by atoms with Gasteiger partial charge in [0.05, 0.1) is 6.10 Å². The number of nitrogens with one attached hydrogen (secondary N) is 2. The Morgan fingerprint density at radius 3 is 2.59 bits per heavy atom. The van der Waals surface area contributed by atoms with Crippen molar-refractivity contribution >= 4 is 11.7 Å². The summed E-state index contributed by atoms with van der Waals surface area (Å²) >= 11 is 0. The topological polar surface area (TPSA) is 70.6 Å². The first kappa shape index (κ1) is 20.3. The fraction of sp³-hybridized carbons (Fsp3) is 0.136. The molecule has 0 aromatic heterocycles. The van der Waals surface area contributed by atoms with Crippen LogP contribution in [0.2, 0.25) is 0 Å². The third-order valence-corrected chi connectivity index (χ3v) is 4.11. The van der Waals surface area contributed by atoms with Crippen LogP contribution in [-0.2, 0) is 6.61 Å². The summed E-state index contributed by atoms with van der Waals surface area (Å²) in [6, 6.07) is 18.1. The maximum absolute atomic E-state index is 13.7. The summed E-state index contributed by atoms with van der Waals surface area (Å²) in [5, 5.41) is 15.1. The molecule has 0 heterocycles. The number of urea groups is 1. The van der Waals surface area contributed by atoms with Gasteiger partial charge in [0.1, 0.15) is 24.0 Å². The molecular weight excluding hydrogens is 378 g/mol. The van der Waals surface area contributed by atoms with E-state index in [-0.39, 0.29) is 24.5 Å². The van der Waals surface area contributed by atoms with Gasteiger partial charge in [0.15, 0.2) is 0 Å². The van der Waals surface area contributed by atoms with Crippen molar-refractivity contribution in [3.05, 3.63) is 95.6 Å². The van der Waals surface area contributed by atoms with E-state index in [0.717, 1.165) is 0 Å². The highest BCUT2D eigenvalue weighted by molar-refractivity contribution is 5.89. The predicted octanol–water partition coefficient (Wildman–Crippen LogP) is 4.40. The Balaban J connectivity index is 1.51. The van der Waals surface area contributed by atoms with E-state index in [9.17, 15) is 18.7 Å². The van der Waals surface area contributed by atoms with Gasteiger partial charge in [0.25, 0.3) is 0 Å². The molecule has 0 spiro atoms. The summed E-state index contributed by atoms with van der Waals surface area (Å²) in [6.07, 6.45) is -1.16. The van der Waals surface area contributed by atoms with Crippen LogP contribution < -0.4 is 15.4 Å². The van der Waals surface area contributed by atoms with Crippen molar-refractivity contribution in [1.29, 1.82) is 0 Å². The third-order valence-electron chi connectivity index (χ3n) is 4.11. The third kappa shape index (κ3) is 6.02. The predicted molar refractivity (Wildman–Crippen MR) is 106 cm³/mol. The van der Waals surface area contributed by atoms with Crippen LogP contribution in [0.1, 0.15) is 17.2 Å².